The number of amides is 1. The molecule has 30 heavy (non-hydrogen) atoms. The number of nitrogens with one attached hydrogen (secondary N) is 1. The maximum atomic E-state index is 14.0. The molecule has 0 atom stereocenters. The number of carbonyl (C=O) groups is 1. The maximum absolute atomic E-state index is 14.0. The fraction of sp³-hybridized carbons (Fsp3) is 0.250. The lowest BCUT2D eigenvalue weighted by Gasteiger charge is -2.36. The van der Waals surface area contributed by atoms with E-state index >= 15 is 0 Å². The number of aromatic nitrogens is 1. The van der Waals surface area contributed by atoms with Crippen LogP contribution in [0.4, 0.5) is 10.1 Å². The third kappa shape index (κ3) is 3.67. The first-order chi connectivity index (χ1) is 14.6. The van der Waals surface area contributed by atoms with Crippen LogP contribution in [-0.4, -0.2) is 42.0 Å². The predicted octanol–water partition coefficient (Wildman–Crippen LogP) is 4.13. The molecule has 1 amide bonds. The van der Waals surface area contributed by atoms with Gasteiger partial charge in [0.15, 0.2) is 0 Å². The Kier molecular flexibility index (Phi) is 5.53. The van der Waals surface area contributed by atoms with Crippen LogP contribution in [0.2, 0.25) is 0 Å². The van der Waals surface area contributed by atoms with E-state index < -0.39 is 0 Å². The Hall–Kier alpha value is -3.59. The fourth-order valence-corrected chi connectivity index (χ4v) is 3.98. The van der Waals surface area contributed by atoms with Crippen LogP contribution in [0.25, 0.3) is 17.0 Å². The van der Waals surface area contributed by atoms with E-state index in [1.54, 1.807) is 29.2 Å². The highest BCUT2D eigenvalue weighted by atomic mass is 19.1. The molecule has 0 saturated carbocycles. The van der Waals surface area contributed by atoms with Crippen LogP contribution >= 0.6 is 0 Å². The van der Waals surface area contributed by atoms with Crippen molar-refractivity contribution in [2.24, 2.45) is 0 Å². The summed E-state index contributed by atoms with van der Waals surface area (Å²) in [6.45, 7) is 4.03. The van der Waals surface area contributed by atoms with Gasteiger partial charge in [-0.15, -0.1) is 0 Å². The van der Waals surface area contributed by atoms with Crippen LogP contribution in [0.1, 0.15) is 18.1 Å². The van der Waals surface area contributed by atoms with E-state index in [2.05, 4.69) is 24.0 Å². The second-order valence-corrected chi connectivity index (χ2v) is 7.34. The Morgan fingerprint density at radius 1 is 1.17 bits per heavy atom. The summed E-state index contributed by atoms with van der Waals surface area (Å²) in [5.41, 5.74) is 3.72. The normalized spacial score (nSPS) is 14.8. The lowest BCUT2D eigenvalue weighted by atomic mass is 10.1. The Bertz CT molecular complexity index is 1150. The number of piperazine rings is 1. The van der Waals surface area contributed by atoms with Crippen molar-refractivity contribution in [2.75, 3.05) is 31.1 Å². The van der Waals surface area contributed by atoms with E-state index in [4.69, 9.17) is 0 Å². The van der Waals surface area contributed by atoms with Crippen molar-refractivity contribution in [1.29, 1.82) is 5.26 Å². The SMILES string of the molecule is CCc1cccc2c(/C=C(\C#N)C(=O)N3CCN(c4ccccc4F)CC3)c[nH]c12. The first-order valence-corrected chi connectivity index (χ1v) is 10.1. The van der Waals surface area contributed by atoms with Crippen LogP contribution in [-0.2, 0) is 11.2 Å². The van der Waals surface area contributed by atoms with Gasteiger partial charge < -0.3 is 14.8 Å². The number of aromatic amines is 1. The van der Waals surface area contributed by atoms with Gasteiger partial charge in [0.25, 0.3) is 5.91 Å². The molecule has 0 spiro atoms. The van der Waals surface area contributed by atoms with E-state index in [1.165, 1.54) is 11.6 Å². The minimum absolute atomic E-state index is 0.108. The van der Waals surface area contributed by atoms with Gasteiger partial charge in [0.2, 0.25) is 0 Å². The van der Waals surface area contributed by atoms with Crippen molar-refractivity contribution >= 4 is 28.6 Å². The van der Waals surface area contributed by atoms with Crippen LogP contribution in [0.15, 0.2) is 54.2 Å². The quantitative estimate of drug-likeness (QED) is 0.527. The number of halogens is 1. The molecule has 1 aliphatic heterocycles. The van der Waals surface area contributed by atoms with Gasteiger partial charge in [0, 0.05) is 48.8 Å². The summed E-state index contributed by atoms with van der Waals surface area (Å²) in [4.78, 5) is 19.8. The first-order valence-electron chi connectivity index (χ1n) is 10.1. The summed E-state index contributed by atoms with van der Waals surface area (Å²) in [7, 11) is 0. The Labute approximate surface area is 175 Å². The molecule has 0 radical (unpaired) electrons. The van der Waals surface area contributed by atoms with Crippen LogP contribution < -0.4 is 4.90 Å². The van der Waals surface area contributed by atoms with Crippen molar-refractivity contribution in [2.45, 2.75) is 13.3 Å². The number of H-pyrrole nitrogens is 1. The molecule has 1 aliphatic rings. The average molecular weight is 402 g/mol. The molecule has 2 aromatic carbocycles. The van der Waals surface area contributed by atoms with Gasteiger partial charge in [-0.1, -0.05) is 37.3 Å². The minimum Gasteiger partial charge on any atom is -0.366 e. The number of nitriles is 1. The molecule has 0 unspecified atom stereocenters. The number of para-hydroxylation sites is 2. The lowest BCUT2D eigenvalue weighted by molar-refractivity contribution is -0.126. The molecule has 1 N–H and O–H groups in total. The third-order valence-corrected chi connectivity index (χ3v) is 5.63. The van der Waals surface area contributed by atoms with Gasteiger partial charge in [0.1, 0.15) is 17.5 Å². The van der Waals surface area contributed by atoms with Gasteiger partial charge >= 0.3 is 0 Å². The van der Waals surface area contributed by atoms with Crippen molar-refractivity contribution in [3.8, 4) is 6.07 Å². The zero-order valence-corrected chi connectivity index (χ0v) is 16.9. The molecule has 152 valence electrons. The summed E-state index contributed by atoms with van der Waals surface area (Å²) in [5.74, 6) is -0.549. The Morgan fingerprint density at radius 2 is 1.93 bits per heavy atom. The molecule has 6 heteroatoms. The molecule has 4 rings (SSSR count). The lowest BCUT2D eigenvalue weighted by Crippen LogP contribution is -2.49. The molecule has 0 aliphatic carbocycles. The summed E-state index contributed by atoms with van der Waals surface area (Å²) >= 11 is 0. The molecule has 0 bridgehead atoms. The first kappa shape index (κ1) is 19.7. The van der Waals surface area contributed by atoms with E-state index in [0.717, 1.165) is 22.9 Å². The van der Waals surface area contributed by atoms with Gasteiger partial charge in [-0.05, 0) is 30.2 Å². The van der Waals surface area contributed by atoms with Crippen molar-refractivity contribution in [1.82, 2.24) is 9.88 Å². The number of nitrogens with zero attached hydrogens (tertiary/aromatic N) is 3. The smallest absolute Gasteiger partial charge is 0.264 e. The van der Waals surface area contributed by atoms with E-state index in [9.17, 15) is 14.4 Å². The second kappa shape index (κ2) is 8.42. The van der Waals surface area contributed by atoms with E-state index in [-0.39, 0.29) is 17.3 Å². The summed E-state index contributed by atoms with van der Waals surface area (Å²) < 4.78 is 14.0. The topological polar surface area (TPSA) is 63.1 Å². The molecule has 3 aromatic rings. The highest BCUT2D eigenvalue weighted by Crippen LogP contribution is 2.25. The van der Waals surface area contributed by atoms with Crippen molar-refractivity contribution < 1.29 is 9.18 Å². The molecular weight excluding hydrogens is 379 g/mol. The van der Waals surface area contributed by atoms with Gasteiger partial charge in [-0.3, -0.25) is 4.79 Å². The second-order valence-electron chi connectivity index (χ2n) is 7.34. The number of hydrogen-bond acceptors (Lipinski definition) is 3. The van der Waals surface area contributed by atoms with Crippen LogP contribution in [0.3, 0.4) is 0 Å². The maximum Gasteiger partial charge on any atom is 0.264 e. The number of aryl methyl sites for hydroxylation is 1. The van der Waals surface area contributed by atoms with Crippen LogP contribution in [0.5, 0.6) is 0 Å². The molecule has 1 aromatic heterocycles. The number of rotatable bonds is 4. The summed E-state index contributed by atoms with van der Waals surface area (Å²) in [6, 6.07) is 14.8. The average Bonchev–Trinajstić information content (AvgIpc) is 3.20. The minimum atomic E-state index is -0.285. The standard InChI is InChI=1S/C24H23FN4O/c1-2-17-6-5-7-20-19(16-27-23(17)20)14-18(15-26)24(30)29-12-10-28(11-13-29)22-9-4-3-8-21(22)25/h3-9,14,16,27H,2,10-13H2,1H3/b18-14+. The number of anilines is 1. The number of fused-ring (bicyclic) bond motifs is 1. The monoisotopic (exact) mass is 402 g/mol. The zero-order chi connectivity index (χ0) is 21.1. The Morgan fingerprint density at radius 3 is 2.63 bits per heavy atom. The molecule has 2 heterocycles. The molecule has 1 fully saturated rings. The largest absolute Gasteiger partial charge is 0.366 e. The molecular formula is C24H23FN4O. The summed E-state index contributed by atoms with van der Waals surface area (Å²) in [5, 5.41) is 10.6. The highest BCUT2D eigenvalue weighted by Gasteiger charge is 2.25. The number of carbonyl (C=O) groups excluding carboxylic acids is 1. The number of benzene rings is 2. The van der Waals surface area contributed by atoms with E-state index in [1.807, 2.05) is 23.2 Å². The molecule has 1 saturated heterocycles. The Balaban J connectivity index is 1.52. The van der Waals surface area contributed by atoms with Gasteiger partial charge in [-0.2, -0.15) is 5.26 Å². The highest BCUT2D eigenvalue weighted by molar-refractivity contribution is 6.04. The van der Waals surface area contributed by atoms with Crippen LogP contribution in [0, 0.1) is 17.1 Å². The number of hydrogen-bond donors (Lipinski definition) is 1. The summed E-state index contributed by atoms with van der Waals surface area (Å²) in [6.07, 6.45) is 4.39. The van der Waals surface area contributed by atoms with Gasteiger partial charge in [0.05, 0.1) is 5.69 Å². The predicted molar refractivity (Wildman–Crippen MR) is 116 cm³/mol. The van der Waals surface area contributed by atoms with Crippen molar-refractivity contribution in [3.63, 3.8) is 0 Å². The zero-order valence-electron chi connectivity index (χ0n) is 16.9. The third-order valence-electron chi connectivity index (χ3n) is 5.63. The van der Waals surface area contributed by atoms with E-state index in [0.29, 0.717) is 31.9 Å². The van der Waals surface area contributed by atoms with Crippen molar-refractivity contribution in [3.05, 3.63) is 71.2 Å². The van der Waals surface area contributed by atoms with Gasteiger partial charge in [-0.25, -0.2) is 4.39 Å². The fourth-order valence-electron chi connectivity index (χ4n) is 3.98. The molecule has 5 nitrogen and oxygen atoms in total.